The van der Waals surface area contributed by atoms with Crippen LogP contribution in [0.25, 0.3) is 11.0 Å². The van der Waals surface area contributed by atoms with Crippen molar-refractivity contribution in [1.82, 2.24) is 0 Å². The molecule has 1 heterocycles. The highest BCUT2D eigenvalue weighted by atomic mass is 16.5. The summed E-state index contributed by atoms with van der Waals surface area (Å²) in [6, 6.07) is 13.5. The number of hydrogen-bond donors (Lipinski definition) is 2. The number of hydrogen-bond acceptors (Lipinski definition) is 6. The van der Waals surface area contributed by atoms with Gasteiger partial charge < -0.3 is 24.3 Å². The van der Waals surface area contributed by atoms with Crippen molar-refractivity contribution in [3.05, 3.63) is 64.5 Å². The van der Waals surface area contributed by atoms with Crippen LogP contribution in [0.1, 0.15) is 16.8 Å². The molecule has 0 radical (unpaired) electrons. The molecule has 3 rings (SSSR count). The average molecular weight is 369 g/mol. The minimum atomic E-state index is -0.748. The Morgan fingerprint density at radius 2 is 1.93 bits per heavy atom. The maximum absolute atomic E-state index is 12.4. The summed E-state index contributed by atoms with van der Waals surface area (Å²) < 4.78 is 16.1. The number of carbonyl (C=O) groups is 1. The van der Waals surface area contributed by atoms with Gasteiger partial charge in [0.15, 0.2) is 11.5 Å². The molecule has 3 aromatic rings. The number of anilines is 1. The van der Waals surface area contributed by atoms with Gasteiger partial charge in [-0.05, 0) is 24.3 Å². The normalized spacial score (nSPS) is 10.6. The third-order valence-electron chi connectivity index (χ3n) is 3.85. The number of rotatable bonds is 7. The molecule has 2 N–H and O–H groups in total. The van der Waals surface area contributed by atoms with Crippen molar-refractivity contribution in [2.75, 3.05) is 25.6 Å². The zero-order chi connectivity index (χ0) is 19.2. The zero-order valence-corrected chi connectivity index (χ0v) is 14.7. The van der Waals surface area contributed by atoms with Gasteiger partial charge >= 0.3 is 5.63 Å². The molecule has 0 aliphatic carbocycles. The fraction of sp³-hybridized carbons (Fsp3) is 0.200. The van der Waals surface area contributed by atoms with Gasteiger partial charge in [0, 0.05) is 30.2 Å². The second kappa shape index (κ2) is 8.37. The monoisotopic (exact) mass is 369 g/mol. The highest BCUT2D eigenvalue weighted by Gasteiger charge is 2.16. The molecule has 0 saturated heterocycles. The molecular weight excluding hydrogens is 350 g/mol. The molecule has 0 unspecified atom stereocenters. The van der Waals surface area contributed by atoms with Gasteiger partial charge in [-0.1, -0.05) is 18.2 Å². The predicted molar refractivity (Wildman–Crippen MR) is 101 cm³/mol. The number of amides is 1. The number of nitrogens with one attached hydrogen (secondary N) is 1. The number of carbonyl (C=O) groups excluding carboxylic acids is 1. The Balaban J connectivity index is 1.94. The van der Waals surface area contributed by atoms with E-state index in [1.54, 1.807) is 30.3 Å². The standard InChI is InChI=1S/C20H19NO6/c1-25-17-11-13-10-15(19(23)21-14-6-3-2-4-7-14)20(24)27-16(13)12-18(17)26-9-5-8-22/h2-4,6-7,10-12,22H,5,8-9H2,1H3,(H,21,23). The summed E-state index contributed by atoms with van der Waals surface area (Å²) in [5.74, 6) is 0.269. The summed E-state index contributed by atoms with van der Waals surface area (Å²) in [5.41, 5.74) is -0.00645. The summed E-state index contributed by atoms with van der Waals surface area (Å²) in [7, 11) is 1.49. The van der Waals surface area contributed by atoms with Crippen LogP contribution in [0.4, 0.5) is 5.69 Å². The van der Waals surface area contributed by atoms with E-state index in [4.69, 9.17) is 19.0 Å². The maximum atomic E-state index is 12.4. The van der Waals surface area contributed by atoms with Crippen LogP contribution in [0.15, 0.2) is 57.7 Å². The first-order valence-corrected chi connectivity index (χ1v) is 8.38. The van der Waals surface area contributed by atoms with Crippen LogP contribution in [0, 0.1) is 0 Å². The van der Waals surface area contributed by atoms with Crippen LogP contribution >= 0.6 is 0 Å². The SMILES string of the molecule is COc1cc2cc(C(=O)Nc3ccccc3)c(=O)oc2cc1OCCCO. The number of benzene rings is 2. The van der Waals surface area contributed by atoms with E-state index in [2.05, 4.69) is 5.32 Å². The van der Waals surface area contributed by atoms with Gasteiger partial charge in [0.1, 0.15) is 11.1 Å². The van der Waals surface area contributed by atoms with E-state index in [0.29, 0.717) is 35.6 Å². The third-order valence-corrected chi connectivity index (χ3v) is 3.85. The van der Waals surface area contributed by atoms with Gasteiger partial charge in [0.2, 0.25) is 0 Å². The second-order valence-electron chi connectivity index (χ2n) is 5.73. The first kappa shape index (κ1) is 18.5. The Kier molecular flexibility index (Phi) is 5.73. The van der Waals surface area contributed by atoms with E-state index in [1.165, 1.54) is 19.2 Å². The van der Waals surface area contributed by atoms with Crippen molar-refractivity contribution in [3.8, 4) is 11.5 Å². The Morgan fingerprint density at radius 3 is 2.63 bits per heavy atom. The maximum Gasteiger partial charge on any atom is 0.349 e. The quantitative estimate of drug-likeness (QED) is 0.491. The minimum Gasteiger partial charge on any atom is -0.493 e. The Bertz CT molecular complexity index is 997. The molecule has 0 bridgehead atoms. The molecule has 1 amide bonds. The Morgan fingerprint density at radius 1 is 1.15 bits per heavy atom. The van der Waals surface area contributed by atoms with Crippen molar-refractivity contribution in [3.63, 3.8) is 0 Å². The highest BCUT2D eigenvalue weighted by Crippen LogP contribution is 2.32. The summed E-state index contributed by atoms with van der Waals surface area (Å²) in [6.07, 6.45) is 0.462. The molecule has 0 spiro atoms. The van der Waals surface area contributed by atoms with Gasteiger partial charge in [-0.25, -0.2) is 4.79 Å². The first-order valence-electron chi connectivity index (χ1n) is 8.38. The fourth-order valence-corrected chi connectivity index (χ4v) is 2.52. The lowest BCUT2D eigenvalue weighted by Crippen LogP contribution is -2.20. The van der Waals surface area contributed by atoms with Crippen LogP contribution < -0.4 is 20.4 Å². The van der Waals surface area contributed by atoms with Crippen LogP contribution in [-0.4, -0.2) is 31.3 Å². The largest absolute Gasteiger partial charge is 0.493 e. The van der Waals surface area contributed by atoms with Gasteiger partial charge in [-0.3, -0.25) is 4.79 Å². The summed E-state index contributed by atoms with van der Waals surface area (Å²) in [5, 5.41) is 12.0. The molecule has 27 heavy (non-hydrogen) atoms. The number of ether oxygens (including phenoxy) is 2. The number of methoxy groups -OCH3 is 1. The van der Waals surface area contributed by atoms with E-state index < -0.39 is 11.5 Å². The molecule has 1 aromatic heterocycles. The van der Waals surface area contributed by atoms with E-state index in [1.807, 2.05) is 6.07 Å². The third kappa shape index (κ3) is 4.27. The molecule has 7 nitrogen and oxygen atoms in total. The van der Waals surface area contributed by atoms with Crippen LogP contribution in [-0.2, 0) is 0 Å². The van der Waals surface area contributed by atoms with E-state index in [9.17, 15) is 9.59 Å². The van der Waals surface area contributed by atoms with Crippen molar-refractivity contribution >= 4 is 22.6 Å². The lowest BCUT2D eigenvalue weighted by molar-refractivity contribution is 0.102. The highest BCUT2D eigenvalue weighted by molar-refractivity contribution is 6.05. The van der Waals surface area contributed by atoms with Gasteiger partial charge in [0.05, 0.1) is 13.7 Å². The molecule has 2 aromatic carbocycles. The predicted octanol–water partition coefficient (Wildman–Crippen LogP) is 2.82. The van der Waals surface area contributed by atoms with E-state index in [0.717, 1.165) is 0 Å². The van der Waals surface area contributed by atoms with Crippen LogP contribution in [0.5, 0.6) is 11.5 Å². The van der Waals surface area contributed by atoms with Crippen molar-refractivity contribution < 1.29 is 23.8 Å². The number of aliphatic hydroxyl groups excluding tert-OH is 1. The molecule has 0 aliphatic heterocycles. The molecule has 0 atom stereocenters. The number of aliphatic hydroxyl groups is 1. The average Bonchev–Trinajstić information content (AvgIpc) is 2.68. The van der Waals surface area contributed by atoms with Crippen molar-refractivity contribution in [1.29, 1.82) is 0 Å². The van der Waals surface area contributed by atoms with Gasteiger partial charge in [0.25, 0.3) is 5.91 Å². The second-order valence-corrected chi connectivity index (χ2v) is 5.73. The number of para-hydroxylation sites is 1. The summed E-state index contributed by atoms with van der Waals surface area (Å²) in [4.78, 5) is 24.7. The minimum absolute atomic E-state index is 0.00483. The van der Waals surface area contributed by atoms with E-state index in [-0.39, 0.29) is 17.8 Å². The Hall–Kier alpha value is -3.32. The van der Waals surface area contributed by atoms with Crippen LogP contribution in [0.3, 0.4) is 0 Å². The van der Waals surface area contributed by atoms with Gasteiger partial charge in [-0.2, -0.15) is 0 Å². The van der Waals surface area contributed by atoms with Crippen LogP contribution in [0.2, 0.25) is 0 Å². The topological polar surface area (TPSA) is 98.0 Å². The fourth-order valence-electron chi connectivity index (χ4n) is 2.52. The molecule has 0 aliphatic rings. The molecule has 0 saturated carbocycles. The number of fused-ring (bicyclic) bond motifs is 1. The summed E-state index contributed by atoms with van der Waals surface area (Å²) >= 11 is 0. The molecule has 7 heteroatoms. The molecular formula is C20H19NO6. The molecule has 0 fully saturated rings. The summed E-state index contributed by atoms with van der Waals surface area (Å²) in [6.45, 7) is 0.297. The van der Waals surface area contributed by atoms with Crippen molar-refractivity contribution in [2.45, 2.75) is 6.42 Å². The first-order chi connectivity index (χ1) is 13.1. The van der Waals surface area contributed by atoms with Crippen molar-refractivity contribution in [2.24, 2.45) is 0 Å². The molecule has 140 valence electrons. The lowest BCUT2D eigenvalue weighted by atomic mass is 10.1. The smallest absolute Gasteiger partial charge is 0.349 e. The van der Waals surface area contributed by atoms with Gasteiger partial charge in [-0.15, -0.1) is 0 Å². The zero-order valence-electron chi connectivity index (χ0n) is 14.7. The Labute approximate surface area is 155 Å². The lowest BCUT2D eigenvalue weighted by Gasteiger charge is -2.11. The van der Waals surface area contributed by atoms with E-state index >= 15 is 0 Å².